The standard InChI is InChI=1S/C19H22N2O5/c1-4-26-17-9-6-14(11-18(17)25-3)7-10-19(22)20-15-8-5-13(2)16(12-15)21(23)24/h5-6,8-9,11-12H,4,7,10H2,1-3H3,(H,20,22). The number of hydrogen-bond acceptors (Lipinski definition) is 5. The summed E-state index contributed by atoms with van der Waals surface area (Å²) in [5, 5.41) is 13.7. The number of benzene rings is 2. The number of methoxy groups -OCH3 is 1. The quantitative estimate of drug-likeness (QED) is 0.571. The van der Waals surface area contributed by atoms with Crippen molar-refractivity contribution < 1.29 is 19.2 Å². The van der Waals surface area contributed by atoms with Crippen LogP contribution in [0.5, 0.6) is 11.5 Å². The summed E-state index contributed by atoms with van der Waals surface area (Å²) in [6.45, 7) is 4.09. The molecule has 138 valence electrons. The Hall–Kier alpha value is -3.09. The lowest BCUT2D eigenvalue weighted by atomic mass is 10.1. The monoisotopic (exact) mass is 358 g/mol. The van der Waals surface area contributed by atoms with Gasteiger partial charge in [-0.2, -0.15) is 0 Å². The van der Waals surface area contributed by atoms with Gasteiger partial charge >= 0.3 is 0 Å². The lowest BCUT2D eigenvalue weighted by molar-refractivity contribution is -0.385. The summed E-state index contributed by atoms with van der Waals surface area (Å²) >= 11 is 0. The molecule has 2 aromatic carbocycles. The Kier molecular flexibility index (Phi) is 6.54. The molecule has 0 bridgehead atoms. The van der Waals surface area contributed by atoms with E-state index in [1.54, 1.807) is 26.2 Å². The van der Waals surface area contributed by atoms with Crippen molar-refractivity contribution in [2.24, 2.45) is 0 Å². The van der Waals surface area contributed by atoms with E-state index in [1.807, 2.05) is 25.1 Å². The molecule has 0 aliphatic rings. The van der Waals surface area contributed by atoms with Crippen LogP contribution in [0.1, 0.15) is 24.5 Å². The summed E-state index contributed by atoms with van der Waals surface area (Å²) < 4.78 is 10.8. The Labute approximate surface area is 152 Å². The summed E-state index contributed by atoms with van der Waals surface area (Å²) in [6, 6.07) is 10.2. The molecular formula is C19H22N2O5. The van der Waals surface area contributed by atoms with Crippen LogP contribution in [0.3, 0.4) is 0 Å². The first-order valence-corrected chi connectivity index (χ1v) is 8.29. The number of nitrogens with one attached hydrogen (secondary N) is 1. The Morgan fingerprint density at radius 1 is 1.19 bits per heavy atom. The van der Waals surface area contributed by atoms with Gasteiger partial charge in [0.15, 0.2) is 11.5 Å². The van der Waals surface area contributed by atoms with E-state index in [2.05, 4.69) is 5.32 Å². The van der Waals surface area contributed by atoms with Gasteiger partial charge in [0.1, 0.15) is 0 Å². The van der Waals surface area contributed by atoms with Gasteiger partial charge < -0.3 is 14.8 Å². The zero-order valence-electron chi connectivity index (χ0n) is 15.1. The van der Waals surface area contributed by atoms with Gasteiger partial charge in [0.05, 0.1) is 18.6 Å². The van der Waals surface area contributed by atoms with Gasteiger partial charge in [-0.3, -0.25) is 14.9 Å². The Morgan fingerprint density at radius 2 is 1.96 bits per heavy atom. The predicted octanol–water partition coefficient (Wildman–Crippen LogP) is 3.88. The maximum absolute atomic E-state index is 12.1. The smallest absolute Gasteiger partial charge is 0.274 e. The molecule has 0 radical (unpaired) electrons. The van der Waals surface area contributed by atoms with Crippen LogP contribution in [0, 0.1) is 17.0 Å². The van der Waals surface area contributed by atoms with Crippen molar-refractivity contribution in [3.8, 4) is 11.5 Å². The molecule has 1 amide bonds. The molecule has 0 unspecified atom stereocenters. The maximum atomic E-state index is 12.1. The fourth-order valence-corrected chi connectivity index (χ4v) is 2.51. The number of hydrogen-bond donors (Lipinski definition) is 1. The van der Waals surface area contributed by atoms with Crippen molar-refractivity contribution in [2.75, 3.05) is 19.0 Å². The van der Waals surface area contributed by atoms with E-state index < -0.39 is 4.92 Å². The number of nitro benzene ring substituents is 1. The van der Waals surface area contributed by atoms with Crippen LogP contribution >= 0.6 is 0 Å². The molecule has 26 heavy (non-hydrogen) atoms. The zero-order valence-corrected chi connectivity index (χ0v) is 15.1. The number of ether oxygens (including phenoxy) is 2. The summed E-state index contributed by atoms with van der Waals surface area (Å²) in [4.78, 5) is 22.7. The van der Waals surface area contributed by atoms with Crippen LogP contribution in [0.4, 0.5) is 11.4 Å². The molecule has 2 rings (SSSR count). The van der Waals surface area contributed by atoms with E-state index in [-0.39, 0.29) is 18.0 Å². The molecule has 0 aliphatic heterocycles. The third-order valence-corrected chi connectivity index (χ3v) is 3.86. The van der Waals surface area contributed by atoms with E-state index in [1.165, 1.54) is 6.07 Å². The fourth-order valence-electron chi connectivity index (χ4n) is 2.51. The van der Waals surface area contributed by atoms with Crippen LogP contribution < -0.4 is 14.8 Å². The van der Waals surface area contributed by atoms with Crippen LogP contribution in [-0.4, -0.2) is 24.5 Å². The highest BCUT2D eigenvalue weighted by molar-refractivity contribution is 5.91. The first-order chi connectivity index (χ1) is 12.4. The third kappa shape index (κ3) is 4.95. The second kappa shape index (κ2) is 8.84. The molecule has 1 N–H and O–H groups in total. The molecule has 0 spiro atoms. The Bertz CT molecular complexity index is 805. The van der Waals surface area contributed by atoms with Crippen LogP contribution in [0.2, 0.25) is 0 Å². The average molecular weight is 358 g/mol. The highest BCUT2D eigenvalue weighted by Crippen LogP contribution is 2.28. The second-order valence-electron chi connectivity index (χ2n) is 5.72. The van der Waals surface area contributed by atoms with Crippen molar-refractivity contribution in [3.63, 3.8) is 0 Å². The highest BCUT2D eigenvalue weighted by atomic mass is 16.6. The van der Waals surface area contributed by atoms with E-state index in [0.717, 1.165) is 5.56 Å². The predicted molar refractivity (Wildman–Crippen MR) is 98.9 cm³/mol. The molecule has 0 atom stereocenters. The normalized spacial score (nSPS) is 10.3. The Balaban J connectivity index is 1.99. The van der Waals surface area contributed by atoms with E-state index in [9.17, 15) is 14.9 Å². The summed E-state index contributed by atoms with van der Waals surface area (Å²) in [5.74, 6) is 1.07. The van der Waals surface area contributed by atoms with Crippen molar-refractivity contribution in [1.29, 1.82) is 0 Å². The molecule has 0 saturated heterocycles. The highest BCUT2D eigenvalue weighted by Gasteiger charge is 2.13. The van der Waals surface area contributed by atoms with E-state index in [0.29, 0.717) is 35.8 Å². The molecule has 0 aromatic heterocycles. The lowest BCUT2D eigenvalue weighted by Crippen LogP contribution is -2.12. The molecule has 7 heteroatoms. The van der Waals surface area contributed by atoms with Crippen LogP contribution in [0.15, 0.2) is 36.4 Å². The van der Waals surface area contributed by atoms with Crippen molar-refractivity contribution in [1.82, 2.24) is 0 Å². The van der Waals surface area contributed by atoms with Gasteiger partial charge in [0.25, 0.3) is 5.69 Å². The van der Waals surface area contributed by atoms with Crippen LogP contribution in [0.25, 0.3) is 0 Å². The van der Waals surface area contributed by atoms with Gasteiger partial charge in [-0.15, -0.1) is 0 Å². The van der Waals surface area contributed by atoms with Crippen molar-refractivity contribution in [3.05, 3.63) is 57.6 Å². The van der Waals surface area contributed by atoms with Gasteiger partial charge in [0, 0.05) is 23.7 Å². The summed E-state index contributed by atoms with van der Waals surface area (Å²) in [7, 11) is 1.57. The average Bonchev–Trinajstić information content (AvgIpc) is 2.62. The minimum atomic E-state index is -0.461. The fraction of sp³-hybridized carbons (Fsp3) is 0.316. The van der Waals surface area contributed by atoms with Gasteiger partial charge in [-0.25, -0.2) is 0 Å². The maximum Gasteiger partial charge on any atom is 0.274 e. The molecular weight excluding hydrogens is 336 g/mol. The SMILES string of the molecule is CCOc1ccc(CCC(=O)Nc2ccc(C)c([N+](=O)[O-])c2)cc1OC. The molecule has 2 aromatic rings. The first-order valence-electron chi connectivity index (χ1n) is 8.29. The first kappa shape index (κ1) is 19.2. The number of aryl methyl sites for hydroxylation is 2. The number of nitrogens with zero attached hydrogens (tertiary/aromatic N) is 1. The largest absolute Gasteiger partial charge is 0.493 e. The molecule has 0 aliphatic carbocycles. The minimum Gasteiger partial charge on any atom is -0.493 e. The van der Waals surface area contributed by atoms with E-state index >= 15 is 0 Å². The van der Waals surface area contributed by atoms with Gasteiger partial charge in [-0.1, -0.05) is 12.1 Å². The van der Waals surface area contributed by atoms with E-state index in [4.69, 9.17) is 9.47 Å². The second-order valence-corrected chi connectivity index (χ2v) is 5.72. The number of carbonyl (C=O) groups excluding carboxylic acids is 1. The van der Waals surface area contributed by atoms with Crippen LogP contribution in [-0.2, 0) is 11.2 Å². The Morgan fingerprint density at radius 3 is 2.62 bits per heavy atom. The van der Waals surface area contributed by atoms with Gasteiger partial charge in [-0.05, 0) is 44.0 Å². The topological polar surface area (TPSA) is 90.7 Å². The lowest BCUT2D eigenvalue weighted by Gasteiger charge is -2.11. The zero-order chi connectivity index (χ0) is 19.1. The molecule has 0 heterocycles. The van der Waals surface area contributed by atoms with Crippen molar-refractivity contribution >= 4 is 17.3 Å². The van der Waals surface area contributed by atoms with Crippen molar-refractivity contribution in [2.45, 2.75) is 26.7 Å². The minimum absolute atomic E-state index is 0.0148. The summed E-state index contributed by atoms with van der Waals surface area (Å²) in [6.07, 6.45) is 0.765. The molecule has 0 fully saturated rings. The number of rotatable bonds is 8. The van der Waals surface area contributed by atoms with Gasteiger partial charge in [0.2, 0.25) is 5.91 Å². The number of anilines is 1. The third-order valence-electron chi connectivity index (χ3n) is 3.86. The number of amides is 1. The molecule has 0 saturated carbocycles. The number of nitro groups is 1. The summed E-state index contributed by atoms with van der Waals surface area (Å²) in [5.41, 5.74) is 1.89. The number of carbonyl (C=O) groups is 1. The molecule has 7 nitrogen and oxygen atoms in total.